The van der Waals surface area contributed by atoms with E-state index >= 15 is 0 Å². The third kappa shape index (κ3) is 3.91. The first-order valence-electron chi connectivity index (χ1n) is 7.92. The Kier molecular flexibility index (Phi) is 4.97. The highest BCUT2D eigenvalue weighted by molar-refractivity contribution is 6.30. The molecule has 2 nitrogen and oxygen atoms in total. The molecule has 1 aliphatic rings. The molecule has 120 valence electrons. The molecule has 0 unspecified atom stereocenters. The molecule has 0 saturated carbocycles. The Balaban J connectivity index is 1.59. The Morgan fingerprint density at radius 3 is 2.48 bits per heavy atom. The van der Waals surface area contributed by atoms with Crippen LogP contribution < -0.4 is 0 Å². The number of nitrogens with zero attached hydrogens (tertiary/aromatic N) is 1. The maximum Gasteiger partial charge on any atom is 0.256 e. The van der Waals surface area contributed by atoms with Gasteiger partial charge in [0.2, 0.25) is 0 Å². The number of hydrogen-bond acceptors (Lipinski definition) is 1. The first kappa shape index (κ1) is 16.0. The van der Waals surface area contributed by atoms with E-state index in [0.717, 1.165) is 19.3 Å². The van der Waals surface area contributed by atoms with E-state index in [0.29, 0.717) is 24.0 Å². The lowest BCUT2D eigenvalue weighted by atomic mass is 9.90. The van der Waals surface area contributed by atoms with Crippen LogP contribution in [-0.2, 0) is 6.42 Å². The van der Waals surface area contributed by atoms with Gasteiger partial charge in [-0.05, 0) is 48.9 Å². The van der Waals surface area contributed by atoms with Crippen molar-refractivity contribution in [1.82, 2.24) is 4.90 Å². The number of benzene rings is 2. The van der Waals surface area contributed by atoms with Gasteiger partial charge in [-0.25, -0.2) is 4.39 Å². The van der Waals surface area contributed by atoms with Gasteiger partial charge in [-0.15, -0.1) is 0 Å². The second-order valence-electron chi connectivity index (χ2n) is 6.05. The fraction of sp³-hybridized carbons (Fsp3) is 0.316. The quantitative estimate of drug-likeness (QED) is 0.806. The van der Waals surface area contributed by atoms with E-state index in [2.05, 4.69) is 24.3 Å². The molecule has 23 heavy (non-hydrogen) atoms. The van der Waals surface area contributed by atoms with E-state index < -0.39 is 5.82 Å². The molecule has 0 radical (unpaired) electrons. The zero-order valence-corrected chi connectivity index (χ0v) is 13.6. The van der Waals surface area contributed by atoms with Crippen LogP contribution in [0.3, 0.4) is 0 Å². The van der Waals surface area contributed by atoms with Gasteiger partial charge in [0.05, 0.1) is 5.56 Å². The third-order valence-electron chi connectivity index (χ3n) is 4.43. The molecule has 0 bridgehead atoms. The molecule has 2 aromatic carbocycles. The predicted octanol–water partition coefficient (Wildman–Crippen LogP) is 4.57. The first-order chi connectivity index (χ1) is 11.1. The average molecular weight is 332 g/mol. The number of carbonyl (C=O) groups excluding carboxylic acids is 1. The highest BCUT2D eigenvalue weighted by Crippen LogP contribution is 2.24. The summed E-state index contributed by atoms with van der Waals surface area (Å²) in [6, 6.07) is 14.6. The van der Waals surface area contributed by atoms with E-state index in [-0.39, 0.29) is 11.5 Å². The second kappa shape index (κ2) is 7.14. The lowest BCUT2D eigenvalue weighted by molar-refractivity contribution is 0.0686. The molecule has 0 aliphatic carbocycles. The highest BCUT2D eigenvalue weighted by atomic mass is 35.5. The predicted molar refractivity (Wildman–Crippen MR) is 90.2 cm³/mol. The van der Waals surface area contributed by atoms with Crippen molar-refractivity contribution in [3.8, 4) is 0 Å². The van der Waals surface area contributed by atoms with Crippen molar-refractivity contribution in [3.05, 3.63) is 70.5 Å². The molecule has 1 fully saturated rings. The van der Waals surface area contributed by atoms with Crippen LogP contribution >= 0.6 is 11.6 Å². The minimum absolute atomic E-state index is 0.107. The van der Waals surface area contributed by atoms with E-state index in [1.807, 2.05) is 6.07 Å². The van der Waals surface area contributed by atoms with Crippen molar-refractivity contribution in [2.24, 2.45) is 5.92 Å². The summed E-state index contributed by atoms with van der Waals surface area (Å²) in [5.41, 5.74) is 1.44. The molecule has 1 heterocycles. The normalized spacial score (nSPS) is 15.7. The van der Waals surface area contributed by atoms with Gasteiger partial charge < -0.3 is 4.90 Å². The van der Waals surface area contributed by atoms with Gasteiger partial charge in [0.1, 0.15) is 5.82 Å². The van der Waals surface area contributed by atoms with Crippen LogP contribution in [0.25, 0.3) is 0 Å². The average Bonchev–Trinajstić information content (AvgIpc) is 2.56. The fourth-order valence-corrected chi connectivity index (χ4v) is 3.28. The van der Waals surface area contributed by atoms with Gasteiger partial charge in [0, 0.05) is 18.1 Å². The third-order valence-corrected chi connectivity index (χ3v) is 4.67. The molecule has 0 aromatic heterocycles. The van der Waals surface area contributed by atoms with Crippen LogP contribution in [0.5, 0.6) is 0 Å². The zero-order chi connectivity index (χ0) is 16.2. The summed E-state index contributed by atoms with van der Waals surface area (Å²) in [6.07, 6.45) is 2.95. The monoisotopic (exact) mass is 331 g/mol. The fourth-order valence-electron chi connectivity index (χ4n) is 3.12. The van der Waals surface area contributed by atoms with Gasteiger partial charge in [-0.1, -0.05) is 41.9 Å². The van der Waals surface area contributed by atoms with Gasteiger partial charge >= 0.3 is 0 Å². The largest absolute Gasteiger partial charge is 0.339 e. The number of carbonyl (C=O) groups is 1. The van der Waals surface area contributed by atoms with E-state index in [9.17, 15) is 9.18 Å². The molecule has 0 spiro atoms. The van der Waals surface area contributed by atoms with E-state index in [1.54, 1.807) is 11.0 Å². The van der Waals surface area contributed by atoms with Crippen molar-refractivity contribution in [2.75, 3.05) is 13.1 Å². The van der Waals surface area contributed by atoms with Crippen molar-refractivity contribution in [3.63, 3.8) is 0 Å². The van der Waals surface area contributed by atoms with Crippen LogP contribution in [0.2, 0.25) is 5.02 Å². The summed E-state index contributed by atoms with van der Waals surface area (Å²) < 4.78 is 13.9. The number of piperidine rings is 1. The SMILES string of the molecule is O=C(c1ccc(Cl)cc1F)N1CCC(Cc2ccccc2)CC1. The Bertz CT molecular complexity index is 681. The Morgan fingerprint density at radius 1 is 1.13 bits per heavy atom. The molecule has 2 aromatic rings. The summed E-state index contributed by atoms with van der Waals surface area (Å²) in [5.74, 6) is -0.206. The molecule has 1 amide bonds. The first-order valence-corrected chi connectivity index (χ1v) is 8.29. The topological polar surface area (TPSA) is 20.3 Å². The van der Waals surface area contributed by atoms with Crippen LogP contribution in [0.1, 0.15) is 28.8 Å². The van der Waals surface area contributed by atoms with Crippen LogP contribution in [0.4, 0.5) is 4.39 Å². The molecule has 1 saturated heterocycles. The number of likely N-dealkylation sites (tertiary alicyclic amines) is 1. The van der Waals surface area contributed by atoms with Crippen molar-refractivity contribution < 1.29 is 9.18 Å². The van der Waals surface area contributed by atoms with Gasteiger partial charge in [-0.3, -0.25) is 4.79 Å². The van der Waals surface area contributed by atoms with Gasteiger partial charge in [-0.2, -0.15) is 0 Å². The number of hydrogen-bond donors (Lipinski definition) is 0. The smallest absolute Gasteiger partial charge is 0.256 e. The Labute approximate surface area is 140 Å². The molecule has 0 N–H and O–H groups in total. The number of rotatable bonds is 3. The molecule has 0 atom stereocenters. The zero-order valence-electron chi connectivity index (χ0n) is 12.8. The van der Waals surface area contributed by atoms with Crippen molar-refractivity contribution in [2.45, 2.75) is 19.3 Å². The van der Waals surface area contributed by atoms with Gasteiger partial charge in [0.25, 0.3) is 5.91 Å². The molecule has 1 aliphatic heterocycles. The minimum atomic E-state index is -0.547. The number of halogens is 2. The summed E-state index contributed by atoms with van der Waals surface area (Å²) in [7, 11) is 0. The lowest BCUT2D eigenvalue weighted by Gasteiger charge is -2.32. The highest BCUT2D eigenvalue weighted by Gasteiger charge is 2.25. The van der Waals surface area contributed by atoms with Crippen molar-refractivity contribution >= 4 is 17.5 Å². The van der Waals surface area contributed by atoms with E-state index in [1.165, 1.54) is 17.7 Å². The van der Waals surface area contributed by atoms with Gasteiger partial charge in [0.15, 0.2) is 0 Å². The Hall–Kier alpha value is -1.87. The standard InChI is InChI=1S/C19H19ClFNO/c20-16-6-7-17(18(21)13-16)19(23)22-10-8-15(9-11-22)12-14-4-2-1-3-5-14/h1-7,13,15H,8-12H2. The minimum Gasteiger partial charge on any atom is -0.339 e. The lowest BCUT2D eigenvalue weighted by Crippen LogP contribution is -2.39. The molecular formula is C19H19ClFNO. The number of amides is 1. The van der Waals surface area contributed by atoms with Crippen LogP contribution in [0.15, 0.2) is 48.5 Å². The summed E-state index contributed by atoms with van der Waals surface area (Å²) in [5, 5.41) is 0.306. The van der Waals surface area contributed by atoms with Crippen molar-refractivity contribution in [1.29, 1.82) is 0 Å². The maximum atomic E-state index is 13.9. The molecule has 4 heteroatoms. The van der Waals surface area contributed by atoms with E-state index in [4.69, 9.17) is 11.6 Å². The van der Waals surface area contributed by atoms with Crippen LogP contribution in [-0.4, -0.2) is 23.9 Å². The summed E-state index contributed by atoms with van der Waals surface area (Å²) in [4.78, 5) is 14.2. The Morgan fingerprint density at radius 2 is 1.83 bits per heavy atom. The second-order valence-corrected chi connectivity index (χ2v) is 6.49. The van der Waals surface area contributed by atoms with Crippen LogP contribution in [0, 0.1) is 11.7 Å². The molecule has 3 rings (SSSR count). The molecular weight excluding hydrogens is 313 g/mol. The summed E-state index contributed by atoms with van der Waals surface area (Å²) >= 11 is 5.74. The summed E-state index contributed by atoms with van der Waals surface area (Å²) in [6.45, 7) is 1.36. The maximum absolute atomic E-state index is 13.9.